The molecule has 0 saturated heterocycles. The van der Waals surface area contributed by atoms with Gasteiger partial charge < -0.3 is 15.5 Å². The van der Waals surface area contributed by atoms with E-state index in [2.05, 4.69) is 20.4 Å². The van der Waals surface area contributed by atoms with Gasteiger partial charge in [-0.2, -0.15) is 5.10 Å². The van der Waals surface area contributed by atoms with Crippen LogP contribution >= 0.6 is 0 Å². The van der Waals surface area contributed by atoms with E-state index >= 15 is 0 Å². The first-order valence-corrected chi connectivity index (χ1v) is 6.07. The third kappa shape index (κ3) is 3.60. The third-order valence-corrected chi connectivity index (χ3v) is 2.68. The number of aromatic nitrogens is 4. The number of aliphatic hydroxyl groups excluding tert-OH is 1. The van der Waals surface area contributed by atoms with Gasteiger partial charge in [-0.15, -0.1) is 0 Å². The Hall–Kier alpha value is -2.81. The quantitative estimate of drug-likeness (QED) is 0.636. The molecule has 0 aliphatic rings. The van der Waals surface area contributed by atoms with Gasteiger partial charge in [0.05, 0.1) is 5.56 Å². The summed E-state index contributed by atoms with van der Waals surface area (Å²) in [5.41, 5.74) is 0.211. The van der Waals surface area contributed by atoms with E-state index in [1.54, 1.807) is 6.07 Å². The van der Waals surface area contributed by atoms with Gasteiger partial charge >= 0.3 is 5.97 Å². The summed E-state index contributed by atoms with van der Waals surface area (Å²) in [4.78, 5) is 30.6. The number of aliphatic hydroxyl groups is 1. The molecule has 0 fully saturated rings. The van der Waals surface area contributed by atoms with Gasteiger partial charge in [-0.3, -0.25) is 4.79 Å². The van der Waals surface area contributed by atoms with Crippen molar-refractivity contribution < 1.29 is 19.8 Å². The number of nitrogens with zero attached hydrogens (tertiary/aromatic N) is 4. The van der Waals surface area contributed by atoms with E-state index < -0.39 is 17.9 Å². The first kappa shape index (κ1) is 14.6. The van der Waals surface area contributed by atoms with Gasteiger partial charge in [0.15, 0.2) is 5.82 Å². The summed E-state index contributed by atoms with van der Waals surface area (Å²) in [6.07, 6.45) is 4.06. The van der Waals surface area contributed by atoms with E-state index in [4.69, 9.17) is 10.2 Å². The average molecular weight is 291 g/mol. The molecule has 0 saturated carbocycles. The van der Waals surface area contributed by atoms with Crippen molar-refractivity contribution in [2.24, 2.45) is 0 Å². The van der Waals surface area contributed by atoms with Gasteiger partial charge in [0.25, 0.3) is 5.91 Å². The summed E-state index contributed by atoms with van der Waals surface area (Å²) in [6.45, 7) is -0.333. The topological polar surface area (TPSA) is 130 Å². The predicted octanol–water partition coefficient (Wildman–Crippen LogP) is -0.772. The van der Waals surface area contributed by atoms with Crippen molar-refractivity contribution >= 4 is 11.9 Å². The van der Waals surface area contributed by atoms with E-state index in [0.717, 1.165) is 0 Å². The minimum absolute atomic E-state index is 0.0639. The Morgan fingerprint density at radius 3 is 2.71 bits per heavy atom. The van der Waals surface area contributed by atoms with E-state index in [1.165, 1.54) is 29.6 Å². The number of rotatable bonds is 6. The number of pyridine rings is 1. The summed E-state index contributed by atoms with van der Waals surface area (Å²) in [7, 11) is 0. The summed E-state index contributed by atoms with van der Waals surface area (Å²) in [5.74, 6) is -1.30. The molecular formula is C12H13N5O4. The molecule has 2 aromatic heterocycles. The number of hydrogen-bond donors (Lipinski definition) is 3. The molecule has 0 aliphatic heterocycles. The number of carbonyl (C=O) groups excluding carboxylic acids is 1. The van der Waals surface area contributed by atoms with Gasteiger partial charge in [-0.25, -0.2) is 19.4 Å². The molecule has 0 spiro atoms. The molecule has 2 heterocycles. The van der Waals surface area contributed by atoms with Gasteiger partial charge in [-0.05, 0) is 12.1 Å². The third-order valence-electron chi connectivity index (χ3n) is 2.68. The number of carboxylic acids is 1. The summed E-state index contributed by atoms with van der Waals surface area (Å²) in [5, 5.41) is 23.9. The van der Waals surface area contributed by atoms with Crippen LogP contribution in [0.15, 0.2) is 31.0 Å². The van der Waals surface area contributed by atoms with Crippen LogP contribution in [-0.4, -0.2) is 54.5 Å². The fraction of sp³-hybridized carbons (Fsp3) is 0.250. The lowest BCUT2D eigenvalue weighted by Gasteiger charge is -2.13. The Morgan fingerprint density at radius 1 is 1.38 bits per heavy atom. The van der Waals surface area contributed by atoms with E-state index in [-0.39, 0.29) is 18.6 Å². The highest BCUT2D eigenvalue weighted by Crippen LogP contribution is 2.05. The second-order valence-electron chi connectivity index (χ2n) is 4.12. The van der Waals surface area contributed by atoms with Crippen LogP contribution in [0.1, 0.15) is 16.8 Å². The SMILES string of the molecule is O=C(N[C@H](CCO)C(=O)O)c1ccc(-n2cncn2)nc1. The number of carbonyl (C=O) groups is 2. The molecule has 21 heavy (non-hydrogen) atoms. The molecule has 1 atom stereocenters. The van der Waals surface area contributed by atoms with Gasteiger partial charge in [-0.1, -0.05) is 0 Å². The number of aliphatic carboxylic acids is 1. The molecular weight excluding hydrogens is 278 g/mol. The van der Waals surface area contributed by atoms with Crippen molar-refractivity contribution in [1.82, 2.24) is 25.1 Å². The maximum atomic E-state index is 11.9. The van der Waals surface area contributed by atoms with Crippen LogP contribution in [0, 0.1) is 0 Å². The van der Waals surface area contributed by atoms with Crippen LogP contribution in [0.2, 0.25) is 0 Å². The first-order chi connectivity index (χ1) is 10.1. The average Bonchev–Trinajstić information content (AvgIpc) is 3.01. The first-order valence-electron chi connectivity index (χ1n) is 6.07. The van der Waals surface area contributed by atoms with Crippen molar-refractivity contribution in [3.8, 4) is 5.82 Å². The van der Waals surface area contributed by atoms with Crippen LogP contribution in [0.3, 0.4) is 0 Å². The molecule has 1 amide bonds. The lowest BCUT2D eigenvalue weighted by Crippen LogP contribution is -2.41. The Balaban J connectivity index is 2.07. The minimum Gasteiger partial charge on any atom is -0.480 e. The highest BCUT2D eigenvalue weighted by Gasteiger charge is 2.20. The largest absolute Gasteiger partial charge is 0.480 e. The van der Waals surface area contributed by atoms with Crippen molar-refractivity contribution in [2.75, 3.05) is 6.61 Å². The Morgan fingerprint density at radius 2 is 2.19 bits per heavy atom. The fourth-order valence-electron chi connectivity index (χ4n) is 1.61. The summed E-state index contributed by atoms with van der Waals surface area (Å²) in [6, 6.07) is 1.92. The standard InChI is InChI=1S/C12H13N5O4/c18-4-3-9(12(20)21)16-11(19)8-1-2-10(14-5-8)17-7-13-6-15-17/h1-2,5-7,9,18H,3-4H2,(H,16,19)(H,20,21)/t9-/m1/s1. The molecule has 0 aliphatic carbocycles. The molecule has 3 N–H and O–H groups in total. The molecule has 9 heteroatoms. The van der Waals surface area contributed by atoms with Crippen LogP contribution in [-0.2, 0) is 4.79 Å². The molecule has 0 aromatic carbocycles. The molecule has 0 bridgehead atoms. The second kappa shape index (κ2) is 6.57. The monoisotopic (exact) mass is 291 g/mol. The zero-order valence-corrected chi connectivity index (χ0v) is 10.9. The van der Waals surface area contributed by atoms with E-state index in [1.807, 2.05) is 0 Å². The van der Waals surface area contributed by atoms with E-state index in [0.29, 0.717) is 5.82 Å². The highest BCUT2D eigenvalue weighted by atomic mass is 16.4. The van der Waals surface area contributed by atoms with Crippen molar-refractivity contribution in [1.29, 1.82) is 0 Å². The van der Waals surface area contributed by atoms with Gasteiger partial charge in [0.1, 0.15) is 18.7 Å². The number of nitrogens with one attached hydrogen (secondary N) is 1. The molecule has 0 unspecified atom stereocenters. The van der Waals surface area contributed by atoms with Gasteiger partial charge in [0, 0.05) is 19.2 Å². The fourth-order valence-corrected chi connectivity index (χ4v) is 1.61. The molecule has 110 valence electrons. The highest BCUT2D eigenvalue weighted by molar-refractivity contribution is 5.96. The smallest absolute Gasteiger partial charge is 0.326 e. The number of amides is 1. The zero-order chi connectivity index (χ0) is 15.2. The second-order valence-corrected chi connectivity index (χ2v) is 4.12. The molecule has 9 nitrogen and oxygen atoms in total. The van der Waals surface area contributed by atoms with Crippen molar-refractivity contribution in [2.45, 2.75) is 12.5 Å². The van der Waals surface area contributed by atoms with Crippen LogP contribution in [0.25, 0.3) is 5.82 Å². The van der Waals surface area contributed by atoms with Gasteiger partial charge in [0.2, 0.25) is 0 Å². The normalized spacial score (nSPS) is 11.9. The Labute approximate surface area is 119 Å². The van der Waals surface area contributed by atoms with Crippen LogP contribution in [0.4, 0.5) is 0 Å². The van der Waals surface area contributed by atoms with Crippen LogP contribution < -0.4 is 5.32 Å². The lowest BCUT2D eigenvalue weighted by atomic mass is 10.2. The Kier molecular flexibility index (Phi) is 4.57. The van der Waals surface area contributed by atoms with Crippen molar-refractivity contribution in [3.05, 3.63) is 36.5 Å². The zero-order valence-electron chi connectivity index (χ0n) is 10.9. The predicted molar refractivity (Wildman–Crippen MR) is 69.7 cm³/mol. The Bertz CT molecular complexity index is 611. The minimum atomic E-state index is -1.20. The number of carboxylic acid groups (broad SMARTS) is 1. The maximum absolute atomic E-state index is 11.9. The molecule has 2 aromatic rings. The lowest BCUT2D eigenvalue weighted by molar-refractivity contribution is -0.139. The number of hydrogen-bond acceptors (Lipinski definition) is 6. The molecule has 0 radical (unpaired) electrons. The summed E-state index contributed by atoms with van der Waals surface area (Å²) >= 11 is 0. The van der Waals surface area contributed by atoms with Crippen molar-refractivity contribution in [3.63, 3.8) is 0 Å². The van der Waals surface area contributed by atoms with E-state index in [9.17, 15) is 9.59 Å². The molecule has 2 rings (SSSR count). The van der Waals surface area contributed by atoms with Crippen LogP contribution in [0.5, 0.6) is 0 Å². The summed E-state index contributed by atoms with van der Waals surface area (Å²) < 4.78 is 1.42. The maximum Gasteiger partial charge on any atom is 0.326 e.